The molecular weight excluding hydrogens is 333 g/mol. The highest BCUT2D eigenvalue weighted by atomic mass is 35.5. The molecule has 22 heavy (non-hydrogen) atoms. The van der Waals surface area contributed by atoms with Crippen molar-refractivity contribution in [2.45, 2.75) is 11.3 Å². The van der Waals surface area contributed by atoms with Gasteiger partial charge < -0.3 is 9.90 Å². The van der Waals surface area contributed by atoms with Gasteiger partial charge in [-0.25, -0.2) is 12.8 Å². The average Bonchev–Trinajstić information content (AvgIpc) is 2.45. The summed E-state index contributed by atoms with van der Waals surface area (Å²) in [5, 5.41) is 9.85. The number of pyridine rings is 1. The van der Waals surface area contributed by atoms with E-state index in [4.69, 9.17) is 11.6 Å². The lowest BCUT2D eigenvalue weighted by atomic mass is 10.0. The normalized spacial score (nSPS) is 11.4. The lowest BCUT2D eigenvalue weighted by molar-refractivity contribution is -0.107. The molecule has 0 unspecified atom stereocenters. The van der Waals surface area contributed by atoms with Crippen molar-refractivity contribution in [3.8, 4) is 16.9 Å². The van der Waals surface area contributed by atoms with E-state index < -0.39 is 21.4 Å². The summed E-state index contributed by atoms with van der Waals surface area (Å²) in [6.07, 6.45) is 3.69. The van der Waals surface area contributed by atoms with E-state index in [1.807, 2.05) is 0 Å². The fourth-order valence-corrected chi connectivity index (χ4v) is 2.76. The van der Waals surface area contributed by atoms with Gasteiger partial charge in [-0.2, -0.15) is 0 Å². The number of carbonyl (C=O) groups is 1. The number of phenolic OH excluding ortho intramolecular Hbond substituents is 1. The lowest BCUT2D eigenvalue weighted by Crippen LogP contribution is -2.00. The topological polar surface area (TPSA) is 84.3 Å². The van der Waals surface area contributed by atoms with Crippen LogP contribution in [0.5, 0.6) is 5.75 Å². The molecule has 1 N–H and O–H groups in total. The number of aldehydes is 1. The summed E-state index contributed by atoms with van der Waals surface area (Å²) in [4.78, 5) is 14.2. The third-order valence-electron chi connectivity index (χ3n) is 3.00. The molecule has 0 aliphatic rings. The molecule has 2 aromatic rings. The van der Waals surface area contributed by atoms with Gasteiger partial charge in [0.1, 0.15) is 12.0 Å². The van der Waals surface area contributed by atoms with Gasteiger partial charge in [-0.1, -0.05) is 11.6 Å². The van der Waals surface area contributed by atoms with E-state index in [0.717, 1.165) is 18.5 Å². The zero-order chi connectivity index (χ0) is 16.5. The number of phenols is 1. The van der Waals surface area contributed by atoms with Crippen LogP contribution in [-0.2, 0) is 21.1 Å². The minimum absolute atomic E-state index is 0.0487. The summed E-state index contributed by atoms with van der Waals surface area (Å²) < 4.78 is 37.3. The van der Waals surface area contributed by atoms with Crippen molar-refractivity contribution in [1.82, 2.24) is 4.98 Å². The first kappa shape index (κ1) is 16.4. The maximum absolute atomic E-state index is 14.2. The Morgan fingerprint density at radius 1 is 1.36 bits per heavy atom. The van der Waals surface area contributed by atoms with Gasteiger partial charge in [0.15, 0.2) is 15.7 Å². The van der Waals surface area contributed by atoms with Crippen LogP contribution in [0.1, 0.15) is 5.56 Å². The summed E-state index contributed by atoms with van der Waals surface area (Å²) in [5.41, 5.74) is -0.101. The Balaban J connectivity index is 2.74. The quantitative estimate of drug-likeness (QED) is 0.862. The van der Waals surface area contributed by atoms with Gasteiger partial charge in [0, 0.05) is 36.2 Å². The van der Waals surface area contributed by atoms with Crippen molar-refractivity contribution in [3.05, 3.63) is 40.9 Å². The third kappa shape index (κ3) is 3.10. The number of benzene rings is 1. The van der Waals surface area contributed by atoms with Crippen LogP contribution in [0.3, 0.4) is 0 Å². The maximum Gasteiger partial charge on any atom is 0.177 e. The lowest BCUT2D eigenvalue weighted by Gasteiger charge is -2.12. The van der Waals surface area contributed by atoms with E-state index >= 15 is 0 Å². The minimum atomic E-state index is -3.55. The van der Waals surface area contributed by atoms with Crippen molar-refractivity contribution >= 4 is 27.7 Å². The SMILES string of the molecule is CS(=O)(=O)c1cncc(-c2c(O)c(CC=O)cc(Cl)c2F)c1. The Bertz CT molecular complexity index is 852. The van der Waals surface area contributed by atoms with Crippen molar-refractivity contribution in [2.75, 3.05) is 6.26 Å². The van der Waals surface area contributed by atoms with E-state index in [-0.39, 0.29) is 33.0 Å². The number of carbonyl (C=O) groups excluding carboxylic acids is 1. The van der Waals surface area contributed by atoms with E-state index in [1.54, 1.807) is 0 Å². The van der Waals surface area contributed by atoms with E-state index in [9.17, 15) is 22.7 Å². The molecular formula is C14H11ClFNO4S. The standard InChI is InChI=1S/C14H11ClFNO4S/c1-22(20,21)10-4-9(6-17-7-10)12-13(16)11(15)5-8(2-3-18)14(12)19/h3-7,19H,2H2,1H3. The third-order valence-corrected chi connectivity index (χ3v) is 4.36. The molecule has 0 bridgehead atoms. The summed E-state index contributed by atoms with van der Waals surface area (Å²) in [5.74, 6) is -1.39. The highest BCUT2D eigenvalue weighted by molar-refractivity contribution is 7.90. The summed E-state index contributed by atoms with van der Waals surface area (Å²) in [6, 6.07) is 2.33. The van der Waals surface area contributed by atoms with Gasteiger partial charge in [0.2, 0.25) is 0 Å². The highest BCUT2D eigenvalue weighted by Gasteiger charge is 2.20. The largest absolute Gasteiger partial charge is 0.507 e. The number of sulfone groups is 1. The van der Waals surface area contributed by atoms with Crippen molar-refractivity contribution in [2.24, 2.45) is 0 Å². The van der Waals surface area contributed by atoms with Crippen molar-refractivity contribution < 1.29 is 22.7 Å². The fourth-order valence-electron chi connectivity index (χ4n) is 1.94. The number of rotatable bonds is 4. The van der Waals surface area contributed by atoms with Crippen LogP contribution in [0, 0.1) is 5.82 Å². The van der Waals surface area contributed by atoms with Gasteiger partial charge in [-0.05, 0) is 12.1 Å². The second-order valence-corrected chi connectivity index (χ2v) is 7.03. The Morgan fingerprint density at radius 2 is 2.05 bits per heavy atom. The molecule has 0 radical (unpaired) electrons. The first-order valence-electron chi connectivity index (χ1n) is 6.04. The van der Waals surface area contributed by atoms with Gasteiger partial charge in [-0.3, -0.25) is 4.98 Å². The second-order valence-electron chi connectivity index (χ2n) is 4.61. The zero-order valence-corrected chi connectivity index (χ0v) is 12.9. The van der Waals surface area contributed by atoms with Gasteiger partial charge in [0.25, 0.3) is 0 Å². The molecule has 0 atom stereocenters. The average molecular weight is 344 g/mol. The van der Waals surface area contributed by atoms with Crippen LogP contribution in [0.2, 0.25) is 5.02 Å². The molecule has 0 fully saturated rings. The summed E-state index contributed by atoms with van der Waals surface area (Å²) >= 11 is 5.77. The first-order chi connectivity index (χ1) is 10.3. The summed E-state index contributed by atoms with van der Waals surface area (Å²) in [7, 11) is -3.55. The molecule has 5 nitrogen and oxygen atoms in total. The number of halogens is 2. The molecule has 8 heteroatoms. The molecule has 0 saturated heterocycles. The van der Waals surface area contributed by atoms with Crippen LogP contribution in [0.4, 0.5) is 4.39 Å². The molecule has 0 aliphatic carbocycles. The summed E-state index contributed by atoms with van der Waals surface area (Å²) in [6.45, 7) is 0. The van der Waals surface area contributed by atoms with Crippen LogP contribution >= 0.6 is 11.6 Å². The van der Waals surface area contributed by atoms with Gasteiger partial charge >= 0.3 is 0 Å². The molecule has 0 saturated carbocycles. The monoisotopic (exact) mass is 343 g/mol. The fraction of sp³-hybridized carbons (Fsp3) is 0.143. The Kier molecular flexibility index (Phi) is 4.48. The molecule has 116 valence electrons. The van der Waals surface area contributed by atoms with Gasteiger partial charge in [-0.15, -0.1) is 0 Å². The molecule has 0 spiro atoms. The van der Waals surface area contributed by atoms with E-state index in [0.29, 0.717) is 6.29 Å². The Morgan fingerprint density at radius 3 is 2.64 bits per heavy atom. The molecule has 1 aromatic heterocycles. The number of hydrogen-bond donors (Lipinski definition) is 1. The molecule has 0 aliphatic heterocycles. The zero-order valence-electron chi connectivity index (χ0n) is 11.4. The van der Waals surface area contributed by atoms with E-state index in [1.165, 1.54) is 12.3 Å². The van der Waals surface area contributed by atoms with Crippen LogP contribution < -0.4 is 0 Å². The van der Waals surface area contributed by atoms with E-state index in [2.05, 4.69) is 4.98 Å². The predicted molar refractivity (Wildman–Crippen MR) is 79.2 cm³/mol. The molecule has 1 aromatic carbocycles. The van der Waals surface area contributed by atoms with Crippen LogP contribution in [0.25, 0.3) is 11.1 Å². The molecule has 0 amide bonds. The first-order valence-corrected chi connectivity index (χ1v) is 8.31. The molecule has 1 heterocycles. The number of hydrogen-bond acceptors (Lipinski definition) is 5. The smallest absolute Gasteiger partial charge is 0.177 e. The second kappa shape index (κ2) is 6.02. The van der Waals surface area contributed by atoms with Crippen molar-refractivity contribution in [1.29, 1.82) is 0 Å². The number of aromatic hydroxyl groups is 1. The van der Waals surface area contributed by atoms with Crippen LogP contribution in [0.15, 0.2) is 29.4 Å². The van der Waals surface area contributed by atoms with Crippen molar-refractivity contribution in [3.63, 3.8) is 0 Å². The Hall–Kier alpha value is -1.99. The number of nitrogens with zero attached hydrogens (tertiary/aromatic N) is 1. The molecule has 2 rings (SSSR count). The Labute approximate surface area is 131 Å². The predicted octanol–water partition coefficient (Wildman–Crippen LogP) is 2.39. The number of aromatic nitrogens is 1. The highest BCUT2D eigenvalue weighted by Crippen LogP contribution is 2.38. The van der Waals surface area contributed by atoms with Crippen LogP contribution in [-0.4, -0.2) is 31.1 Å². The minimum Gasteiger partial charge on any atom is -0.507 e. The maximum atomic E-state index is 14.2. The van der Waals surface area contributed by atoms with Gasteiger partial charge in [0.05, 0.1) is 15.5 Å².